The molecule has 0 spiro atoms. The van der Waals surface area contributed by atoms with Crippen molar-refractivity contribution in [1.82, 2.24) is 9.97 Å². The lowest BCUT2D eigenvalue weighted by Crippen LogP contribution is -2.21. The molecule has 1 aliphatic carbocycles. The zero-order valence-corrected chi connectivity index (χ0v) is 9.89. The number of nitrogens with one attached hydrogen (secondary N) is 1. The highest BCUT2D eigenvalue weighted by molar-refractivity contribution is 5.77. The minimum atomic E-state index is 0.920. The van der Waals surface area contributed by atoms with Crippen molar-refractivity contribution in [3.8, 4) is 0 Å². The lowest BCUT2D eigenvalue weighted by Gasteiger charge is -2.15. The van der Waals surface area contributed by atoms with Crippen molar-refractivity contribution in [2.75, 3.05) is 18.0 Å². The van der Waals surface area contributed by atoms with E-state index in [2.05, 4.69) is 28.1 Å². The average Bonchev–Trinajstić information content (AvgIpc) is 3.01. The second-order valence-corrected chi connectivity index (χ2v) is 5.43. The summed E-state index contributed by atoms with van der Waals surface area (Å²) in [5, 5.41) is 0. The van der Waals surface area contributed by atoms with Gasteiger partial charge in [0.25, 0.3) is 0 Å². The van der Waals surface area contributed by atoms with Gasteiger partial charge in [-0.05, 0) is 36.8 Å². The molecule has 2 atom stereocenters. The molecule has 1 aromatic carbocycles. The van der Waals surface area contributed by atoms with Gasteiger partial charge in [-0.2, -0.15) is 0 Å². The molecule has 1 saturated heterocycles. The highest BCUT2D eigenvalue weighted by atomic mass is 15.3. The highest BCUT2D eigenvalue weighted by Crippen LogP contribution is 2.39. The van der Waals surface area contributed by atoms with Gasteiger partial charge in [0.1, 0.15) is 0 Å². The first-order valence-corrected chi connectivity index (χ1v) is 6.60. The molecule has 0 amide bonds. The minimum Gasteiger partial charge on any atom is -0.342 e. The maximum atomic E-state index is 4.69. The summed E-state index contributed by atoms with van der Waals surface area (Å²) in [6.45, 7) is 2.40. The van der Waals surface area contributed by atoms with E-state index in [0.29, 0.717) is 0 Å². The summed E-state index contributed by atoms with van der Waals surface area (Å²) >= 11 is 0. The van der Waals surface area contributed by atoms with E-state index in [1.54, 1.807) is 0 Å². The molecule has 3 heteroatoms. The van der Waals surface area contributed by atoms with Crippen LogP contribution in [0.2, 0.25) is 0 Å². The van der Waals surface area contributed by atoms with Gasteiger partial charge >= 0.3 is 0 Å². The molecule has 2 heterocycles. The van der Waals surface area contributed by atoms with Crippen LogP contribution in [0.4, 0.5) is 5.95 Å². The Morgan fingerprint density at radius 3 is 2.65 bits per heavy atom. The van der Waals surface area contributed by atoms with Crippen LogP contribution >= 0.6 is 0 Å². The number of aromatic nitrogens is 2. The maximum absolute atomic E-state index is 4.69. The number of hydrogen-bond donors (Lipinski definition) is 1. The second kappa shape index (κ2) is 3.49. The third-order valence-electron chi connectivity index (χ3n) is 4.40. The van der Waals surface area contributed by atoms with Crippen molar-refractivity contribution < 1.29 is 0 Å². The molecular formula is C14H17N3. The van der Waals surface area contributed by atoms with Gasteiger partial charge in [-0.15, -0.1) is 0 Å². The number of aromatic amines is 1. The number of fused-ring (bicyclic) bond motifs is 2. The van der Waals surface area contributed by atoms with Crippen LogP contribution in [0.3, 0.4) is 0 Å². The third kappa shape index (κ3) is 1.45. The van der Waals surface area contributed by atoms with Gasteiger partial charge < -0.3 is 9.88 Å². The molecular weight excluding hydrogens is 210 g/mol. The van der Waals surface area contributed by atoms with Gasteiger partial charge in [0.15, 0.2) is 0 Å². The normalized spacial score (nSPS) is 27.9. The number of imidazole rings is 1. The van der Waals surface area contributed by atoms with Crippen LogP contribution in [0.1, 0.15) is 19.3 Å². The Kier molecular flexibility index (Phi) is 1.95. The first-order chi connectivity index (χ1) is 8.40. The molecule has 0 radical (unpaired) electrons. The molecule has 2 unspecified atom stereocenters. The lowest BCUT2D eigenvalue weighted by atomic mass is 10.0. The summed E-state index contributed by atoms with van der Waals surface area (Å²) in [6.07, 6.45) is 4.27. The summed E-state index contributed by atoms with van der Waals surface area (Å²) in [5.74, 6) is 2.91. The van der Waals surface area contributed by atoms with Crippen LogP contribution in [0.25, 0.3) is 11.0 Å². The zero-order chi connectivity index (χ0) is 11.2. The molecule has 17 heavy (non-hydrogen) atoms. The summed E-state index contributed by atoms with van der Waals surface area (Å²) < 4.78 is 0. The van der Waals surface area contributed by atoms with Crippen LogP contribution < -0.4 is 4.90 Å². The summed E-state index contributed by atoms with van der Waals surface area (Å²) in [7, 11) is 0. The van der Waals surface area contributed by atoms with Gasteiger partial charge in [-0.3, -0.25) is 0 Å². The molecule has 1 N–H and O–H groups in total. The fourth-order valence-electron chi connectivity index (χ4n) is 3.50. The van der Waals surface area contributed by atoms with E-state index in [9.17, 15) is 0 Å². The molecule has 1 saturated carbocycles. The van der Waals surface area contributed by atoms with Crippen molar-refractivity contribution in [1.29, 1.82) is 0 Å². The molecule has 1 aromatic heterocycles. The topological polar surface area (TPSA) is 31.9 Å². The number of H-pyrrole nitrogens is 1. The Morgan fingerprint density at radius 2 is 1.88 bits per heavy atom. The van der Waals surface area contributed by atoms with E-state index in [4.69, 9.17) is 4.98 Å². The maximum Gasteiger partial charge on any atom is 0.203 e. The monoisotopic (exact) mass is 227 g/mol. The summed E-state index contributed by atoms with van der Waals surface area (Å²) in [4.78, 5) is 10.6. The fourth-order valence-corrected chi connectivity index (χ4v) is 3.50. The molecule has 2 aliphatic rings. The largest absolute Gasteiger partial charge is 0.342 e. The number of hydrogen-bond acceptors (Lipinski definition) is 2. The smallest absolute Gasteiger partial charge is 0.203 e. The molecule has 2 fully saturated rings. The highest BCUT2D eigenvalue weighted by Gasteiger charge is 2.36. The number of para-hydroxylation sites is 2. The van der Waals surface area contributed by atoms with Crippen LogP contribution in [0.5, 0.6) is 0 Å². The number of rotatable bonds is 1. The van der Waals surface area contributed by atoms with E-state index >= 15 is 0 Å². The second-order valence-electron chi connectivity index (χ2n) is 5.43. The quantitative estimate of drug-likeness (QED) is 0.812. The predicted octanol–water partition coefficient (Wildman–Crippen LogP) is 2.80. The number of nitrogens with zero attached hydrogens (tertiary/aromatic N) is 2. The zero-order valence-electron chi connectivity index (χ0n) is 9.89. The van der Waals surface area contributed by atoms with E-state index in [1.807, 2.05) is 6.07 Å². The Balaban J connectivity index is 1.66. The summed E-state index contributed by atoms with van der Waals surface area (Å²) in [6, 6.07) is 8.28. The van der Waals surface area contributed by atoms with Crippen LogP contribution in [0.15, 0.2) is 24.3 Å². The molecule has 1 aliphatic heterocycles. The van der Waals surface area contributed by atoms with Crippen LogP contribution in [0, 0.1) is 11.8 Å². The Bertz CT molecular complexity index is 500. The minimum absolute atomic E-state index is 0.920. The fraction of sp³-hybridized carbons (Fsp3) is 0.500. The average molecular weight is 227 g/mol. The van der Waals surface area contributed by atoms with Crippen molar-refractivity contribution >= 4 is 17.0 Å². The standard InChI is InChI=1S/C14H17N3/c1-2-7-13-12(6-1)15-14(16-13)17-8-10-4-3-5-11(10)9-17/h1-2,6-7,10-11H,3-5,8-9H2,(H,15,16). The van der Waals surface area contributed by atoms with Crippen LogP contribution in [-0.4, -0.2) is 23.1 Å². The molecule has 0 bridgehead atoms. The Labute approximate surface area is 101 Å². The molecule has 2 aromatic rings. The van der Waals surface area contributed by atoms with Gasteiger partial charge in [0, 0.05) is 13.1 Å². The SMILES string of the molecule is c1ccc2[nH]c(N3CC4CCCC4C3)nc2c1. The van der Waals surface area contributed by atoms with E-state index in [1.165, 1.54) is 32.4 Å². The number of benzene rings is 1. The lowest BCUT2D eigenvalue weighted by molar-refractivity contribution is 0.494. The van der Waals surface area contributed by atoms with Crippen molar-refractivity contribution in [2.45, 2.75) is 19.3 Å². The molecule has 4 rings (SSSR count). The third-order valence-corrected chi connectivity index (χ3v) is 4.40. The Morgan fingerprint density at radius 1 is 1.12 bits per heavy atom. The van der Waals surface area contributed by atoms with Crippen molar-refractivity contribution in [3.05, 3.63) is 24.3 Å². The van der Waals surface area contributed by atoms with E-state index < -0.39 is 0 Å². The van der Waals surface area contributed by atoms with Crippen LogP contribution in [-0.2, 0) is 0 Å². The predicted molar refractivity (Wildman–Crippen MR) is 69.1 cm³/mol. The number of anilines is 1. The molecule has 88 valence electrons. The van der Waals surface area contributed by atoms with Gasteiger partial charge in [0.2, 0.25) is 5.95 Å². The Hall–Kier alpha value is -1.51. The van der Waals surface area contributed by atoms with Gasteiger partial charge in [-0.1, -0.05) is 18.6 Å². The van der Waals surface area contributed by atoms with Gasteiger partial charge in [-0.25, -0.2) is 4.98 Å². The van der Waals surface area contributed by atoms with Crippen molar-refractivity contribution in [3.63, 3.8) is 0 Å². The summed E-state index contributed by atoms with van der Waals surface area (Å²) in [5.41, 5.74) is 2.24. The van der Waals surface area contributed by atoms with E-state index in [0.717, 1.165) is 28.8 Å². The first kappa shape index (κ1) is 9.51. The van der Waals surface area contributed by atoms with Crippen molar-refractivity contribution in [2.24, 2.45) is 11.8 Å². The van der Waals surface area contributed by atoms with Gasteiger partial charge in [0.05, 0.1) is 11.0 Å². The van der Waals surface area contributed by atoms with E-state index in [-0.39, 0.29) is 0 Å². The molecule has 3 nitrogen and oxygen atoms in total. The first-order valence-electron chi connectivity index (χ1n) is 6.60.